The van der Waals surface area contributed by atoms with E-state index >= 15 is 0 Å². The molecule has 4 nitrogen and oxygen atoms in total. The van der Waals surface area contributed by atoms with Crippen molar-refractivity contribution in [2.45, 2.75) is 19.3 Å². The van der Waals surface area contributed by atoms with Crippen LogP contribution in [0, 0.1) is 0 Å². The van der Waals surface area contributed by atoms with E-state index in [9.17, 15) is 0 Å². The Bertz CT molecular complexity index is 2710. The molecular formula is C43H30N4. The van der Waals surface area contributed by atoms with E-state index in [1.807, 2.05) is 0 Å². The minimum absolute atomic E-state index is 0.102. The van der Waals surface area contributed by atoms with Crippen LogP contribution in [0.25, 0.3) is 77.6 Å². The van der Waals surface area contributed by atoms with Gasteiger partial charge >= 0.3 is 0 Å². The zero-order valence-electron chi connectivity index (χ0n) is 26.1. The quantitative estimate of drug-likeness (QED) is 0.202. The number of rotatable bonds is 3. The third kappa shape index (κ3) is 3.64. The molecule has 4 heteroatoms. The molecule has 47 heavy (non-hydrogen) atoms. The molecule has 1 aliphatic rings. The minimum atomic E-state index is -0.102. The largest absolute Gasteiger partial charge is 0.315 e. The lowest BCUT2D eigenvalue weighted by Gasteiger charge is -2.22. The fourth-order valence-electron chi connectivity index (χ4n) is 7.92. The van der Waals surface area contributed by atoms with Crippen LogP contribution in [-0.2, 0) is 5.41 Å². The van der Waals surface area contributed by atoms with E-state index in [4.69, 9.17) is 9.97 Å². The average molecular weight is 603 g/mol. The number of benzene rings is 6. The van der Waals surface area contributed by atoms with Gasteiger partial charge in [-0.25, -0.2) is 9.97 Å². The number of hydrogen-bond acceptors (Lipinski definition) is 2. The van der Waals surface area contributed by atoms with Gasteiger partial charge < -0.3 is 4.57 Å². The lowest BCUT2D eigenvalue weighted by molar-refractivity contribution is 0.660. The zero-order valence-corrected chi connectivity index (χ0v) is 26.1. The molecule has 0 spiro atoms. The van der Waals surface area contributed by atoms with Crippen LogP contribution in [0.4, 0.5) is 0 Å². The molecule has 0 saturated heterocycles. The minimum Gasteiger partial charge on any atom is -0.315 e. The molecule has 9 aromatic rings. The standard InChI is InChI=1S/C43H30N4/c1-43(2)35-17-9-6-14-30(35)31-22-21-28(26-36(31)43)39-34-16-7-10-18-37(34)44-42(45-39)47-38-19-11-8-15-32(38)33-23-20-27-24-25-46(40(27)41(33)47)29-12-4-3-5-13-29/h3-26H,1-2H3. The van der Waals surface area contributed by atoms with E-state index in [0.29, 0.717) is 5.95 Å². The van der Waals surface area contributed by atoms with Crippen molar-refractivity contribution in [3.63, 3.8) is 0 Å². The Morgan fingerprint density at radius 2 is 1.30 bits per heavy atom. The van der Waals surface area contributed by atoms with Gasteiger partial charge in [-0.15, -0.1) is 0 Å². The van der Waals surface area contributed by atoms with E-state index < -0.39 is 0 Å². The maximum Gasteiger partial charge on any atom is 0.235 e. The first kappa shape index (κ1) is 26.2. The van der Waals surface area contributed by atoms with E-state index in [1.54, 1.807) is 0 Å². The Morgan fingerprint density at radius 3 is 2.19 bits per heavy atom. The van der Waals surface area contributed by atoms with Gasteiger partial charge in [-0.2, -0.15) is 0 Å². The van der Waals surface area contributed by atoms with Crippen molar-refractivity contribution in [2.24, 2.45) is 0 Å². The number of hydrogen-bond donors (Lipinski definition) is 0. The average Bonchev–Trinajstić information content (AvgIpc) is 3.77. The summed E-state index contributed by atoms with van der Waals surface area (Å²) in [7, 11) is 0. The summed E-state index contributed by atoms with van der Waals surface area (Å²) in [6, 6.07) is 49.9. The van der Waals surface area contributed by atoms with Crippen molar-refractivity contribution in [3.05, 3.63) is 157 Å². The fraction of sp³-hybridized carbons (Fsp3) is 0.0698. The van der Waals surface area contributed by atoms with Gasteiger partial charge in [-0.1, -0.05) is 117 Å². The molecule has 6 aromatic carbocycles. The highest BCUT2D eigenvalue weighted by molar-refractivity contribution is 6.18. The van der Waals surface area contributed by atoms with Crippen LogP contribution in [0.15, 0.2) is 146 Å². The molecule has 0 N–H and O–H groups in total. The molecule has 0 saturated carbocycles. The normalized spacial score (nSPS) is 13.5. The Hall–Kier alpha value is -6.00. The number of nitrogens with zero attached hydrogens (tertiary/aromatic N) is 4. The summed E-state index contributed by atoms with van der Waals surface area (Å²) in [6.07, 6.45) is 2.17. The van der Waals surface area contributed by atoms with E-state index in [2.05, 4.69) is 169 Å². The molecule has 3 aromatic heterocycles. The molecule has 1 aliphatic carbocycles. The lowest BCUT2D eigenvalue weighted by atomic mass is 9.82. The van der Waals surface area contributed by atoms with Gasteiger partial charge in [0.05, 0.1) is 27.8 Å². The highest BCUT2D eigenvalue weighted by atomic mass is 15.2. The molecule has 0 bridgehead atoms. The Kier molecular flexibility index (Phi) is 5.31. The number of aromatic nitrogens is 4. The summed E-state index contributed by atoms with van der Waals surface area (Å²) >= 11 is 0. The topological polar surface area (TPSA) is 35.6 Å². The van der Waals surface area contributed by atoms with E-state index in [0.717, 1.165) is 44.4 Å². The first-order chi connectivity index (χ1) is 23.1. The van der Waals surface area contributed by atoms with Gasteiger partial charge in [-0.05, 0) is 58.7 Å². The third-order valence-corrected chi connectivity index (χ3v) is 10.2. The SMILES string of the molecule is CC1(C)c2ccccc2-c2ccc(-c3nc(-n4c5ccccc5c5ccc6ccn(-c7ccccc7)c6c54)nc4ccccc34)cc21. The molecule has 222 valence electrons. The Balaban J connectivity index is 1.29. The van der Waals surface area contributed by atoms with Crippen LogP contribution in [0.5, 0.6) is 0 Å². The first-order valence-electron chi connectivity index (χ1n) is 16.2. The van der Waals surface area contributed by atoms with Crippen molar-refractivity contribution >= 4 is 43.6 Å². The van der Waals surface area contributed by atoms with Crippen molar-refractivity contribution < 1.29 is 0 Å². The van der Waals surface area contributed by atoms with Crippen molar-refractivity contribution in [1.82, 2.24) is 19.1 Å². The van der Waals surface area contributed by atoms with Gasteiger partial charge in [0, 0.05) is 44.4 Å². The van der Waals surface area contributed by atoms with Crippen LogP contribution >= 0.6 is 0 Å². The summed E-state index contributed by atoms with van der Waals surface area (Å²) in [4.78, 5) is 10.7. The predicted molar refractivity (Wildman–Crippen MR) is 194 cm³/mol. The summed E-state index contributed by atoms with van der Waals surface area (Å²) in [5.74, 6) is 0.668. The second-order valence-electron chi connectivity index (χ2n) is 13.1. The number of fused-ring (bicyclic) bond motifs is 9. The zero-order chi connectivity index (χ0) is 31.3. The van der Waals surface area contributed by atoms with Crippen LogP contribution in [0.2, 0.25) is 0 Å². The van der Waals surface area contributed by atoms with Crippen molar-refractivity contribution in [2.75, 3.05) is 0 Å². The summed E-state index contributed by atoms with van der Waals surface area (Å²) < 4.78 is 4.56. The predicted octanol–water partition coefficient (Wildman–Crippen LogP) is 10.6. The van der Waals surface area contributed by atoms with Gasteiger partial charge in [0.2, 0.25) is 5.95 Å². The van der Waals surface area contributed by atoms with Crippen molar-refractivity contribution in [1.29, 1.82) is 0 Å². The fourth-order valence-corrected chi connectivity index (χ4v) is 7.92. The van der Waals surface area contributed by atoms with Crippen LogP contribution in [0.1, 0.15) is 25.0 Å². The number of para-hydroxylation sites is 3. The molecule has 0 aliphatic heterocycles. The maximum absolute atomic E-state index is 5.47. The molecule has 0 atom stereocenters. The van der Waals surface area contributed by atoms with Crippen LogP contribution in [0.3, 0.4) is 0 Å². The Labute approximate surface area is 272 Å². The third-order valence-electron chi connectivity index (χ3n) is 10.2. The molecule has 10 rings (SSSR count). The highest BCUT2D eigenvalue weighted by Gasteiger charge is 2.35. The molecule has 0 amide bonds. The summed E-state index contributed by atoms with van der Waals surface area (Å²) in [6.45, 7) is 4.66. The van der Waals surface area contributed by atoms with E-state index in [1.165, 1.54) is 38.4 Å². The molecule has 0 unspecified atom stereocenters. The van der Waals surface area contributed by atoms with Gasteiger partial charge in [0.15, 0.2) is 0 Å². The smallest absolute Gasteiger partial charge is 0.235 e. The van der Waals surface area contributed by atoms with Crippen LogP contribution < -0.4 is 0 Å². The maximum atomic E-state index is 5.47. The molecule has 3 heterocycles. The first-order valence-corrected chi connectivity index (χ1v) is 16.2. The Morgan fingerprint density at radius 1 is 0.553 bits per heavy atom. The summed E-state index contributed by atoms with van der Waals surface area (Å²) in [5, 5.41) is 4.58. The van der Waals surface area contributed by atoms with Gasteiger partial charge in [-0.3, -0.25) is 4.57 Å². The molecule has 0 radical (unpaired) electrons. The monoisotopic (exact) mass is 602 g/mol. The molecule has 0 fully saturated rings. The second-order valence-corrected chi connectivity index (χ2v) is 13.1. The molecular weight excluding hydrogens is 573 g/mol. The van der Waals surface area contributed by atoms with Gasteiger partial charge in [0.25, 0.3) is 0 Å². The van der Waals surface area contributed by atoms with E-state index in [-0.39, 0.29) is 5.41 Å². The second kappa shape index (κ2) is 9.51. The highest BCUT2D eigenvalue weighted by Crippen LogP contribution is 2.49. The van der Waals surface area contributed by atoms with Gasteiger partial charge in [0.1, 0.15) is 0 Å². The summed E-state index contributed by atoms with van der Waals surface area (Å²) in [5.41, 5.74) is 12.6. The van der Waals surface area contributed by atoms with Crippen molar-refractivity contribution in [3.8, 4) is 34.0 Å². The lowest BCUT2D eigenvalue weighted by Crippen LogP contribution is -2.15. The van der Waals surface area contributed by atoms with Crippen LogP contribution in [-0.4, -0.2) is 19.1 Å².